The van der Waals surface area contributed by atoms with Gasteiger partial charge in [0.1, 0.15) is 11.3 Å². The molecule has 0 fully saturated rings. The third-order valence-electron chi connectivity index (χ3n) is 4.31. The molecule has 28 heavy (non-hydrogen) atoms. The van der Waals surface area contributed by atoms with Crippen LogP contribution in [-0.2, 0) is 4.79 Å². The van der Waals surface area contributed by atoms with Crippen molar-refractivity contribution in [3.63, 3.8) is 0 Å². The molecule has 3 aromatic rings. The first-order valence-electron chi connectivity index (χ1n) is 8.38. The zero-order valence-corrected chi connectivity index (χ0v) is 16.0. The van der Waals surface area contributed by atoms with Crippen molar-refractivity contribution >= 4 is 39.4 Å². The number of rotatable bonds is 7. The third kappa shape index (κ3) is 3.99. The van der Waals surface area contributed by atoms with Crippen molar-refractivity contribution in [1.82, 2.24) is 9.88 Å². The fourth-order valence-electron chi connectivity index (χ4n) is 2.56. The molecule has 0 aliphatic heterocycles. The van der Waals surface area contributed by atoms with Crippen LogP contribution in [-0.4, -0.2) is 40.7 Å². The molecular formula is C19H17N3O5S. The van der Waals surface area contributed by atoms with E-state index in [0.717, 1.165) is 21.3 Å². The maximum Gasteiger partial charge on any atom is 0.311 e. The quantitative estimate of drug-likeness (QED) is 0.342. The van der Waals surface area contributed by atoms with Gasteiger partial charge in [0.05, 0.1) is 21.2 Å². The van der Waals surface area contributed by atoms with Crippen molar-refractivity contribution in [2.24, 2.45) is 0 Å². The lowest BCUT2D eigenvalue weighted by Crippen LogP contribution is -2.33. The van der Waals surface area contributed by atoms with Crippen LogP contribution in [0.1, 0.15) is 28.3 Å². The Balaban J connectivity index is 1.70. The summed E-state index contributed by atoms with van der Waals surface area (Å²) < 4.78 is 6.39. The molecule has 8 nitrogen and oxygen atoms in total. The first-order chi connectivity index (χ1) is 13.4. The lowest BCUT2D eigenvalue weighted by atomic mass is 10.2. The first-order valence-corrected chi connectivity index (χ1v) is 9.20. The largest absolute Gasteiger partial charge is 0.477 e. The van der Waals surface area contributed by atoms with Crippen LogP contribution in [0.4, 0.5) is 5.69 Å². The number of nitro groups is 1. The molecule has 9 heteroatoms. The van der Waals surface area contributed by atoms with Crippen LogP contribution in [0.2, 0.25) is 0 Å². The SMILES string of the molecule is C[C@H](c1nc2ccccc2s1)N(C)C(=O)COc1ccc(C=O)cc1[N+](=O)[O-]. The molecule has 0 spiro atoms. The number of amides is 1. The number of aldehydes is 1. The molecule has 0 aliphatic carbocycles. The number of hydrogen-bond acceptors (Lipinski definition) is 7. The van der Waals surface area contributed by atoms with Crippen LogP contribution in [0.3, 0.4) is 0 Å². The Hall–Kier alpha value is -3.33. The zero-order chi connectivity index (χ0) is 20.3. The number of benzene rings is 2. The predicted octanol–water partition coefficient (Wildman–Crippen LogP) is 3.62. The number of nitrogens with zero attached hydrogens (tertiary/aromatic N) is 3. The summed E-state index contributed by atoms with van der Waals surface area (Å²) >= 11 is 1.51. The highest BCUT2D eigenvalue weighted by atomic mass is 32.1. The second-order valence-corrected chi connectivity index (χ2v) is 7.15. The monoisotopic (exact) mass is 399 g/mol. The van der Waals surface area contributed by atoms with E-state index in [0.29, 0.717) is 6.29 Å². The number of hydrogen-bond donors (Lipinski definition) is 0. The number of aromatic nitrogens is 1. The lowest BCUT2D eigenvalue weighted by molar-refractivity contribution is -0.385. The van der Waals surface area contributed by atoms with Gasteiger partial charge >= 0.3 is 5.69 Å². The van der Waals surface area contributed by atoms with Gasteiger partial charge in [-0.3, -0.25) is 19.7 Å². The minimum Gasteiger partial charge on any atom is -0.477 e. The Morgan fingerprint density at radius 3 is 2.79 bits per heavy atom. The van der Waals surface area contributed by atoms with Crippen molar-refractivity contribution in [3.05, 3.63) is 63.1 Å². The highest BCUT2D eigenvalue weighted by Gasteiger charge is 2.23. The Labute approximate surface area is 164 Å². The fourth-order valence-corrected chi connectivity index (χ4v) is 3.63. The van der Waals surface area contributed by atoms with E-state index < -0.39 is 4.92 Å². The smallest absolute Gasteiger partial charge is 0.311 e. The van der Waals surface area contributed by atoms with Crippen molar-refractivity contribution in [2.45, 2.75) is 13.0 Å². The van der Waals surface area contributed by atoms with Gasteiger partial charge in [-0.1, -0.05) is 12.1 Å². The maximum absolute atomic E-state index is 12.5. The van der Waals surface area contributed by atoms with Crippen LogP contribution < -0.4 is 4.74 Å². The Bertz CT molecular complexity index is 1020. The normalized spacial score (nSPS) is 11.8. The van der Waals surface area contributed by atoms with Crippen molar-refractivity contribution < 1.29 is 19.2 Å². The minimum absolute atomic E-state index is 0.0648. The molecule has 1 aromatic heterocycles. The van der Waals surface area contributed by atoms with E-state index >= 15 is 0 Å². The molecule has 0 saturated carbocycles. The van der Waals surface area contributed by atoms with E-state index in [-0.39, 0.29) is 35.6 Å². The van der Waals surface area contributed by atoms with Crippen LogP contribution in [0.15, 0.2) is 42.5 Å². The van der Waals surface area contributed by atoms with E-state index in [2.05, 4.69) is 4.98 Å². The second-order valence-electron chi connectivity index (χ2n) is 6.09. The summed E-state index contributed by atoms with van der Waals surface area (Å²) in [5.74, 6) is -0.412. The summed E-state index contributed by atoms with van der Waals surface area (Å²) in [4.78, 5) is 39.8. The summed E-state index contributed by atoms with van der Waals surface area (Å²) in [7, 11) is 1.63. The van der Waals surface area contributed by atoms with Gasteiger partial charge in [0.2, 0.25) is 0 Å². The highest BCUT2D eigenvalue weighted by molar-refractivity contribution is 7.18. The van der Waals surface area contributed by atoms with Gasteiger partial charge in [0.15, 0.2) is 12.4 Å². The first kappa shape index (κ1) is 19.4. The summed E-state index contributed by atoms with van der Waals surface area (Å²) in [6.45, 7) is 1.49. The minimum atomic E-state index is -0.653. The van der Waals surface area contributed by atoms with Gasteiger partial charge in [0, 0.05) is 18.7 Å². The molecule has 0 unspecified atom stereocenters. The summed E-state index contributed by atoms with van der Waals surface area (Å²) in [6.07, 6.45) is 0.509. The van der Waals surface area contributed by atoms with Crippen LogP contribution in [0.25, 0.3) is 10.2 Å². The molecule has 3 rings (SSSR count). The number of thiazole rings is 1. The fraction of sp³-hybridized carbons (Fsp3) is 0.211. The van der Waals surface area contributed by atoms with Crippen molar-refractivity contribution in [3.8, 4) is 5.75 Å². The predicted molar refractivity (Wildman–Crippen MR) is 105 cm³/mol. The number of fused-ring (bicyclic) bond motifs is 1. The molecule has 1 atom stereocenters. The summed E-state index contributed by atoms with van der Waals surface area (Å²) in [6, 6.07) is 11.3. The van der Waals surface area contributed by atoms with Crippen LogP contribution >= 0.6 is 11.3 Å². The molecule has 1 heterocycles. The summed E-state index contributed by atoms with van der Waals surface area (Å²) in [5.41, 5.74) is 0.670. The van der Waals surface area contributed by atoms with Gasteiger partial charge in [-0.15, -0.1) is 11.3 Å². The molecule has 2 aromatic carbocycles. The number of likely N-dealkylation sites (N-methyl/N-ethyl adjacent to an activating group) is 1. The van der Waals surface area contributed by atoms with Crippen LogP contribution in [0, 0.1) is 10.1 Å². The summed E-state index contributed by atoms with van der Waals surface area (Å²) in [5, 5.41) is 11.9. The third-order valence-corrected chi connectivity index (χ3v) is 5.52. The molecule has 0 radical (unpaired) electrons. The molecule has 0 aliphatic rings. The number of para-hydroxylation sites is 1. The Kier molecular flexibility index (Phi) is 5.65. The zero-order valence-electron chi connectivity index (χ0n) is 15.2. The topological polar surface area (TPSA) is 103 Å². The number of carbonyl (C=O) groups is 2. The second kappa shape index (κ2) is 8.13. The molecule has 144 valence electrons. The van der Waals surface area contributed by atoms with Crippen molar-refractivity contribution in [1.29, 1.82) is 0 Å². The van der Waals surface area contributed by atoms with Crippen LogP contribution in [0.5, 0.6) is 5.75 Å². The van der Waals surface area contributed by atoms with Gasteiger partial charge in [-0.25, -0.2) is 4.98 Å². The highest BCUT2D eigenvalue weighted by Crippen LogP contribution is 2.30. The van der Waals surface area contributed by atoms with E-state index in [9.17, 15) is 19.7 Å². The van der Waals surface area contributed by atoms with E-state index in [4.69, 9.17) is 4.74 Å². The molecular weight excluding hydrogens is 382 g/mol. The van der Waals surface area contributed by atoms with Gasteiger partial charge < -0.3 is 9.64 Å². The average molecular weight is 399 g/mol. The van der Waals surface area contributed by atoms with Gasteiger partial charge in [0.25, 0.3) is 5.91 Å². The molecule has 0 saturated heterocycles. The molecule has 0 bridgehead atoms. The van der Waals surface area contributed by atoms with Gasteiger partial charge in [-0.2, -0.15) is 0 Å². The Morgan fingerprint density at radius 1 is 1.36 bits per heavy atom. The number of nitro benzene ring substituents is 1. The lowest BCUT2D eigenvalue weighted by Gasteiger charge is -2.23. The standard InChI is InChI=1S/C19H17N3O5S/c1-12(19-20-14-5-3-4-6-17(14)28-19)21(2)18(24)11-27-16-8-7-13(10-23)9-15(16)22(25)26/h3-10,12H,11H2,1-2H3/t12-/m1/s1. The van der Waals surface area contributed by atoms with E-state index in [1.165, 1.54) is 28.4 Å². The maximum atomic E-state index is 12.5. The number of ether oxygens (including phenoxy) is 1. The van der Waals surface area contributed by atoms with E-state index in [1.54, 1.807) is 7.05 Å². The Morgan fingerprint density at radius 2 is 2.11 bits per heavy atom. The number of carbonyl (C=O) groups excluding carboxylic acids is 2. The van der Waals surface area contributed by atoms with Gasteiger partial charge in [-0.05, 0) is 31.2 Å². The molecule has 0 N–H and O–H groups in total. The van der Waals surface area contributed by atoms with E-state index in [1.807, 2.05) is 31.2 Å². The average Bonchev–Trinajstić information content (AvgIpc) is 3.14. The van der Waals surface area contributed by atoms with Crippen molar-refractivity contribution in [2.75, 3.05) is 13.7 Å². The molecule has 1 amide bonds.